The molecule has 0 radical (unpaired) electrons. The fourth-order valence-corrected chi connectivity index (χ4v) is 6.29. The number of hydrogen-bond acceptors (Lipinski definition) is 8. The van der Waals surface area contributed by atoms with Crippen molar-refractivity contribution in [1.82, 2.24) is 20.6 Å². The number of anilines is 2. The largest absolute Gasteiger partial charge is 0.395 e. The highest BCUT2D eigenvalue weighted by Crippen LogP contribution is 2.43. The van der Waals surface area contributed by atoms with Crippen molar-refractivity contribution in [3.05, 3.63) is 106 Å². The van der Waals surface area contributed by atoms with Crippen LogP contribution in [-0.4, -0.2) is 57.3 Å². The van der Waals surface area contributed by atoms with E-state index in [9.17, 15) is 19.8 Å². The molecule has 2 aliphatic rings. The number of nitrogens with one attached hydrogen (secondary N) is 4. The van der Waals surface area contributed by atoms with Crippen LogP contribution in [-0.2, 0) is 13.1 Å². The fraction of sp³-hybridized carbons (Fsp3) is 0.400. The Hall–Kier alpha value is -4.48. The molecular weight excluding hydrogens is 628 g/mol. The van der Waals surface area contributed by atoms with E-state index < -0.39 is 0 Å². The summed E-state index contributed by atoms with van der Waals surface area (Å²) < 4.78 is 0. The zero-order valence-corrected chi connectivity index (χ0v) is 29.3. The van der Waals surface area contributed by atoms with Crippen LogP contribution in [0.2, 0.25) is 0 Å². The summed E-state index contributed by atoms with van der Waals surface area (Å²) in [5, 5.41) is 31.6. The summed E-state index contributed by atoms with van der Waals surface area (Å²) in [6.07, 6.45) is 7.95. The third-order valence-electron chi connectivity index (χ3n) is 9.83. The minimum absolute atomic E-state index is 0.0222. The van der Waals surface area contributed by atoms with Crippen molar-refractivity contribution in [3.63, 3.8) is 0 Å². The van der Waals surface area contributed by atoms with E-state index in [0.717, 1.165) is 70.2 Å². The lowest BCUT2D eigenvalue weighted by Crippen LogP contribution is -2.29. The molecule has 2 fully saturated rings. The van der Waals surface area contributed by atoms with E-state index in [1.807, 2.05) is 76.2 Å². The second-order valence-corrected chi connectivity index (χ2v) is 13.9. The number of hydrogen-bond donors (Lipinski definition) is 6. The summed E-state index contributed by atoms with van der Waals surface area (Å²) in [5.74, 6) is 0.336. The summed E-state index contributed by atoms with van der Waals surface area (Å²) >= 11 is 0. The number of rotatable bonds is 15. The first kappa shape index (κ1) is 35.3. The summed E-state index contributed by atoms with van der Waals surface area (Å²) in [4.78, 5) is 36.0. The van der Waals surface area contributed by atoms with Crippen LogP contribution in [0.5, 0.6) is 0 Å². The van der Waals surface area contributed by atoms with Crippen LogP contribution in [0.1, 0.15) is 106 Å². The van der Waals surface area contributed by atoms with Crippen molar-refractivity contribution in [3.8, 4) is 11.1 Å². The predicted molar refractivity (Wildman–Crippen MR) is 196 cm³/mol. The van der Waals surface area contributed by atoms with Gasteiger partial charge in [-0.2, -0.15) is 0 Å². The molecule has 0 spiro atoms. The number of aliphatic hydroxyl groups is 2. The molecule has 50 heavy (non-hydrogen) atoms. The Morgan fingerprint density at radius 3 is 1.46 bits per heavy atom. The molecule has 2 saturated carbocycles. The van der Waals surface area contributed by atoms with Gasteiger partial charge in [0.1, 0.15) is 11.4 Å². The van der Waals surface area contributed by atoms with E-state index in [-0.39, 0.29) is 37.1 Å². The number of pyridine rings is 2. The smallest absolute Gasteiger partial charge is 0.274 e. The quantitative estimate of drug-likeness (QED) is 0.0904. The monoisotopic (exact) mass is 676 g/mol. The lowest BCUT2D eigenvalue weighted by atomic mass is 9.94. The Bertz CT molecular complexity index is 1730. The van der Waals surface area contributed by atoms with Gasteiger partial charge in [-0.1, -0.05) is 24.3 Å². The minimum atomic E-state index is -0.268. The molecule has 2 amide bonds. The maximum atomic E-state index is 13.5. The molecule has 4 aromatic rings. The lowest BCUT2D eigenvalue weighted by molar-refractivity contribution is 0.101. The number of carbonyl (C=O) groups excluding carboxylic acids is 2. The van der Waals surface area contributed by atoms with Crippen LogP contribution in [0.25, 0.3) is 11.1 Å². The number of aliphatic hydroxyl groups excluding tert-OH is 2. The molecule has 6 N–H and O–H groups in total. The third-order valence-corrected chi connectivity index (χ3v) is 9.83. The minimum Gasteiger partial charge on any atom is -0.395 e. The van der Waals surface area contributed by atoms with Gasteiger partial charge in [-0.05, 0) is 134 Å². The first-order chi connectivity index (χ1) is 24.2. The molecule has 2 aromatic heterocycles. The number of aromatic nitrogens is 2. The molecule has 6 rings (SSSR count). The SMILES string of the molecule is Cc1c(NC(=O)c2cc(C3CC3)c(CN[C@@H](C)CO)cn2)cccc1-c1cccc(NC(=O)c2cc(C3CC3)c(CN[C@@H](C)CO)cn2)c1C. The summed E-state index contributed by atoms with van der Waals surface area (Å²) in [6.45, 7) is 9.13. The molecule has 0 saturated heterocycles. The second kappa shape index (κ2) is 15.6. The van der Waals surface area contributed by atoms with Gasteiger partial charge >= 0.3 is 0 Å². The molecule has 0 bridgehead atoms. The van der Waals surface area contributed by atoms with Crippen molar-refractivity contribution in [2.24, 2.45) is 0 Å². The average molecular weight is 677 g/mol. The van der Waals surface area contributed by atoms with Gasteiger partial charge < -0.3 is 31.5 Å². The van der Waals surface area contributed by atoms with E-state index in [2.05, 4.69) is 31.2 Å². The number of nitrogens with zero attached hydrogens (tertiary/aromatic N) is 2. The number of benzene rings is 2. The molecule has 10 nitrogen and oxygen atoms in total. The van der Waals surface area contributed by atoms with E-state index in [1.54, 1.807) is 12.4 Å². The first-order valence-corrected chi connectivity index (χ1v) is 17.6. The standard InChI is InChI=1S/C40H48N6O4/c1-23(21-47)41-17-29-19-43-37(15-33(29)27-11-12-27)39(49)45-35-9-5-7-31(25(35)3)32-8-6-10-36(26(32)4)46-40(50)38-16-34(28-13-14-28)30(20-44-38)18-42-24(2)22-48/h5-10,15-16,19-20,23-24,27-28,41-42,47-48H,11-14,17-18,21-22H2,1-4H3,(H,45,49)(H,46,50)/t23-,24-/m0/s1. The highest BCUT2D eigenvalue weighted by Gasteiger charge is 2.29. The Balaban J connectivity index is 1.18. The van der Waals surface area contributed by atoms with Crippen molar-refractivity contribution in [2.75, 3.05) is 23.8 Å². The van der Waals surface area contributed by atoms with Gasteiger partial charge in [0.2, 0.25) is 0 Å². The highest BCUT2D eigenvalue weighted by atomic mass is 16.3. The second-order valence-electron chi connectivity index (χ2n) is 13.9. The molecule has 2 heterocycles. The van der Waals surface area contributed by atoms with E-state index >= 15 is 0 Å². The molecule has 2 aromatic carbocycles. The van der Waals surface area contributed by atoms with Crippen LogP contribution >= 0.6 is 0 Å². The number of carbonyl (C=O) groups is 2. The topological polar surface area (TPSA) is 148 Å². The van der Waals surface area contributed by atoms with Gasteiger partial charge in [-0.3, -0.25) is 19.6 Å². The summed E-state index contributed by atoms with van der Waals surface area (Å²) in [7, 11) is 0. The first-order valence-electron chi connectivity index (χ1n) is 17.6. The van der Waals surface area contributed by atoms with Crippen LogP contribution in [0, 0.1) is 13.8 Å². The van der Waals surface area contributed by atoms with Crippen LogP contribution in [0.15, 0.2) is 60.9 Å². The Morgan fingerprint density at radius 1 is 0.700 bits per heavy atom. The third kappa shape index (κ3) is 8.27. The molecule has 10 heteroatoms. The highest BCUT2D eigenvalue weighted by molar-refractivity contribution is 6.05. The maximum Gasteiger partial charge on any atom is 0.274 e. The van der Waals surface area contributed by atoms with Gasteiger partial charge in [0.15, 0.2) is 0 Å². The van der Waals surface area contributed by atoms with E-state index in [1.165, 1.54) is 0 Å². The molecule has 0 unspecified atom stereocenters. The molecule has 2 atom stereocenters. The fourth-order valence-electron chi connectivity index (χ4n) is 6.29. The van der Waals surface area contributed by atoms with E-state index in [4.69, 9.17) is 0 Å². The van der Waals surface area contributed by atoms with Crippen molar-refractivity contribution >= 4 is 23.2 Å². The Labute approximate surface area is 294 Å². The summed E-state index contributed by atoms with van der Waals surface area (Å²) in [5.41, 5.74) is 10.2. The van der Waals surface area contributed by atoms with E-state index in [0.29, 0.717) is 47.7 Å². The zero-order valence-electron chi connectivity index (χ0n) is 29.3. The predicted octanol–water partition coefficient (Wildman–Crippen LogP) is 5.96. The Kier molecular flexibility index (Phi) is 11.0. The van der Waals surface area contributed by atoms with Crippen molar-refractivity contribution in [2.45, 2.75) is 90.4 Å². The van der Waals surface area contributed by atoms with Gasteiger partial charge in [0.05, 0.1) is 13.2 Å². The average Bonchev–Trinajstić information content (AvgIpc) is 4.06. The molecular formula is C40H48N6O4. The normalized spacial score (nSPS) is 15.4. The summed E-state index contributed by atoms with van der Waals surface area (Å²) in [6, 6.07) is 15.4. The maximum absolute atomic E-state index is 13.5. The van der Waals surface area contributed by atoms with Crippen molar-refractivity contribution < 1.29 is 19.8 Å². The number of amides is 2. The Morgan fingerprint density at radius 2 is 1.10 bits per heavy atom. The van der Waals surface area contributed by atoms with Crippen LogP contribution in [0.4, 0.5) is 11.4 Å². The van der Waals surface area contributed by atoms with Gasteiger partial charge in [-0.25, -0.2) is 0 Å². The van der Waals surface area contributed by atoms with Gasteiger partial charge in [0, 0.05) is 48.9 Å². The van der Waals surface area contributed by atoms with Gasteiger partial charge in [0.25, 0.3) is 11.8 Å². The van der Waals surface area contributed by atoms with Crippen LogP contribution < -0.4 is 21.3 Å². The molecule has 0 aliphatic heterocycles. The lowest BCUT2D eigenvalue weighted by Gasteiger charge is -2.18. The molecule has 262 valence electrons. The van der Waals surface area contributed by atoms with Crippen LogP contribution in [0.3, 0.4) is 0 Å². The van der Waals surface area contributed by atoms with Gasteiger partial charge in [-0.15, -0.1) is 0 Å². The zero-order chi connectivity index (χ0) is 35.4. The van der Waals surface area contributed by atoms with Crippen molar-refractivity contribution in [1.29, 1.82) is 0 Å². The molecule has 2 aliphatic carbocycles.